The van der Waals surface area contributed by atoms with E-state index in [1.54, 1.807) is 6.92 Å². The van der Waals surface area contributed by atoms with Crippen LogP contribution in [0.15, 0.2) is 6.07 Å². The van der Waals surface area contributed by atoms with Gasteiger partial charge in [-0.3, -0.25) is 4.79 Å². The Morgan fingerprint density at radius 3 is 1.91 bits per heavy atom. The number of aromatic nitrogens is 1. The lowest BCUT2D eigenvalue weighted by atomic mass is 9.65. The highest BCUT2D eigenvalue weighted by Gasteiger charge is 2.38. The summed E-state index contributed by atoms with van der Waals surface area (Å²) in [4.78, 5) is 15.0. The van der Waals surface area contributed by atoms with Crippen LogP contribution in [0.2, 0.25) is 0 Å². The molecule has 0 saturated heterocycles. The number of Topliss-reactive ketones (excluding diaryl/α,β-unsaturated/α-hetero) is 1. The van der Waals surface area contributed by atoms with Crippen molar-refractivity contribution in [1.82, 2.24) is 4.98 Å². The molecule has 1 aromatic rings. The highest BCUT2D eigenvalue weighted by Crippen LogP contribution is 2.42. The third kappa shape index (κ3) is 5.51. The predicted octanol–water partition coefficient (Wildman–Crippen LogP) is 6.22. The van der Waals surface area contributed by atoms with Crippen LogP contribution in [0.3, 0.4) is 0 Å². The van der Waals surface area contributed by atoms with Crippen LogP contribution in [0.5, 0.6) is 0 Å². The van der Waals surface area contributed by atoms with Gasteiger partial charge in [-0.05, 0) is 37.3 Å². The van der Waals surface area contributed by atoms with Crippen LogP contribution in [-0.4, -0.2) is 10.8 Å². The molecule has 23 heavy (non-hydrogen) atoms. The first-order valence-electron chi connectivity index (χ1n) is 9.37. The molecule has 134 valence electrons. The first-order chi connectivity index (χ1) is 10.7. The van der Waals surface area contributed by atoms with E-state index in [2.05, 4.69) is 66.4 Å². The molecule has 0 amide bonds. The second-order valence-electron chi connectivity index (χ2n) is 7.32. The molecule has 2 atom stereocenters. The Kier molecular flexibility index (Phi) is 9.49. The van der Waals surface area contributed by atoms with E-state index in [0.29, 0.717) is 18.3 Å². The van der Waals surface area contributed by atoms with E-state index >= 15 is 0 Å². The van der Waals surface area contributed by atoms with Gasteiger partial charge in [0.1, 0.15) is 5.78 Å². The highest BCUT2D eigenvalue weighted by molar-refractivity contribution is 5.78. The second kappa shape index (κ2) is 9.95. The fourth-order valence-electron chi connectivity index (χ4n) is 3.21. The number of rotatable bonds is 7. The lowest BCUT2D eigenvalue weighted by Gasteiger charge is -2.40. The van der Waals surface area contributed by atoms with Crippen LogP contribution in [0.1, 0.15) is 91.6 Å². The number of ketones is 1. The summed E-state index contributed by atoms with van der Waals surface area (Å²) < 4.78 is 0. The van der Waals surface area contributed by atoms with Crippen molar-refractivity contribution in [2.45, 2.75) is 93.4 Å². The molecule has 1 aromatic heterocycles. The van der Waals surface area contributed by atoms with Crippen molar-refractivity contribution in [2.75, 3.05) is 0 Å². The third-order valence-electron chi connectivity index (χ3n) is 5.41. The zero-order chi connectivity index (χ0) is 18.2. The normalized spacial score (nSPS) is 16.0. The summed E-state index contributed by atoms with van der Waals surface area (Å²) in [5, 5.41) is 0. The van der Waals surface area contributed by atoms with Crippen LogP contribution in [0.25, 0.3) is 0 Å². The van der Waals surface area contributed by atoms with Crippen molar-refractivity contribution < 1.29 is 4.79 Å². The smallest absolute Gasteiger partial charge is 0.134 e. The maximum atomic E-state index is 11.4. The summed E-state index contributed by atoms with van der Waals surface area (Å²) in [5.41, 5.74) is 3.75. The number of hydrogen-bond acceptors (Lipinski definition) is 1. The first-order valence-corrected chi connectivity index (χ1v) is 9.37. The van der Waals surface area contributed by atoms with Crippen molar-refractivity contribution in [3.05, 3.63) is 23.0 Å². The average Bonchev–Trinajstić information content (AvgIpc) is 2.86. The Hall–Kier alpha value is -1.05. The number of H-pyrrole nitrogens is 1. The summed E-state index contributed by atoms with van der Waals surface area (Å²) >= 11 is 0. The van der Waals surface area contributed by atoms with E-state index in [4.69, 9.17) is 0 Å². The van der Waals surface area contributed by atoms with Crippen molar-refractivity contribution >= 4 is 5.78 Å². The van der Waals surface area contributed by atoms with E-state index in [-0.39, 0.29) is 11.2 Å². The van der Waals surface area contributed by atoms with Crippen LogP contribution >= 0.6 is 0 Å². The minimum atomic E-state index is 0.142. The molecule has 0 bridgehead atoms. The number of carbonyl (C=O) groups is 1. The van der Waals surface area contributed by atoms with Crippen LogP contribution in [-0.2, 0) is 16.6 Å². The topological polar surface area (TPSA) is 32.9 Å². The van der Waals surface area contributed by atoms with Crippen molar-refractivity contribution in [3.63, 3.8) is 0 Å². The summed E-state index contributed by atoms with van der Waals surface area (Å²) in [6.07, 6.45) is 4.13. The van der Waals surface area contributed by atoms with Crippen LogP contribution < -0.4 is 0 Å². The van der Waals surface area contributed by atoms with Gasteiger partial charge < -0.3 is 4.98 Å². The molecule has 0 aliphatic heterocycles. The van der Waals surface area contributed by atoms with Gasteiger partial charge in [0.05, 0.1) is 0 Å². The predicted molar refractivity (Wildman–Crippen MR) is 102 cm³/mol. The Bertz CT molecular complexity index is 462. The third-order valence-corrected chi connectivity index (χ3v) is 5.41. The number of aryl methyl sites for hydroxylation is 1. The quantitative estimate of drug-likeness (QED) is 0.635. The van der Waals surface area contributed by atoms with Gasteiger partial charge in [-0.2, -0.15) is 0 Å². The largest absolute Gasteiger partial charge is 0.362 e. The van der Waals surface area contributed by atoms with Crippen LogP contribution in [0, 0.1) is 18.8 Å². The minimum Gasteiger partial charge on any atom is -0.362 e. The summed E-state index contributed by atoms with van der Waals surface area (Å²) in [5.74, 6) is 1.45. The number of aromatic amines is 1. The molecule has 0 spiro atoms. The molecule has 0 saturated carbocycles. The molecule has 2 heteroatoms. The molecule has 2 unspecified atom stereocenters. The fourth-order valence-corrected chi connectivity index (χ4v) is 3.21. The Balaban J connectivity index is 0.00000149. The van der Waals surface area contributed by atoms with Gasteiger partial charge in [-0.15, -0.1) is 0 Å². The monoisotopic (exact) mass is 321 g/mol. The first kappa shape index (κ1) is 21.9. The van der Waals surface area contributed by atoms with E-state index in [0.717, 1.165) is 11.3 Å². The SMILES string of the molecule is CCC.CCC(C)C(C)(c1cc(CC(C)=O)c(C)[nH]1)C(C)CC. The number of hydrogen-bond donors (Lipinski definition) is 1. The Morgan fingerprint density at radius 2 is 1.57 bits per heavy atom. The van der Waals surface area contributed by atoms with E-state index in [1.165, 1.54) is 25.0 Å². The standard InChI is InChI=1S/C18H31NO.C3H8/c1-8-12(3)18(7,13(4)9-2)17-11-16(10-14(5)20)15(6)19-17;1-3-2/h11-13,19H,8-10H2,1-7H3;3H2,1-2H3. The number of carbonyl (C=O) groups excluding carboxylic acids is 1. The molecular weight excluding hydrogens is 282 g/mol. The number of nitrogens with one attached hydrogen (secondary N) is 1. The maximum Gasteiger partial charge on any atom is 0.134 e. The Morgan fingerprint density at radius 1 is 1.13 bits per heavy atom. The minimum absolute atomic E-state index is 0.142. The molecule has 1 N–H and O–H groups in total. The van der Waals surface area contributed by atoms with Gasteiger partial charge in [0.2, 0.25) is 0 Å². The highest BCUT2D eigenvalue weighted by atomic mass is 16.1. The molecule has 0 aliphatic carbocycles. The van der Waals surface area contributed by atoms with Crippen LogP contribution in [0.4, 0.5) is 0 Å². The molecule has 1 rings (SSSR count). The summed E-state index contributed by atoms with van der Waals surface area (Å²) in [6.45, 7) is 19.6. The van der Waals surface area contributed by atoms with Crippen molar-refractivity contribution in [3.8, 4) is 0 Å². The van der Waals surface area contributed by atoms with Gasteiger partial charge in [-0.1, -0.05) is 67.7 Å². The molecule has 0 radical (unpaired) electrons. The second-order valence-corrected chi connectivity index (χ2v) is 7.32. The molecule has 0 fully saturated rings. The average molecular weight is 322 g/mol. The van der Waals surface area contributed by atoms with Gasteiger partial charge in [0, 0.05) is 23.2 Å². The molecule has 0 aromatic carbocycles. The van der Waals surface area contributed by atoms with Gasteiger partial charge >= 0.3 is 0 Å². The zero-order valence-electron chi connectivity index (χ0n) is 17.0. The summed E-state index contributed by atoms with van der Waals surface area (Å²) in [7, 11) is 0. The lowest BCUT2D eigenvalue weighted by Crippen LogP contribution is -2.37. The zero-order valence-corrected chi connectivity index (χ0v) is 17.0. The lowest BCUT2D eigenvalue weighted by molar-refractivity contribution is -0.116. The van der Waals surface area contributed by atoms with Crippen molar-refractivity contribution in [2.24, 2.45) is 11.8 Å². The Labute approximate surface area is 144 Å². The molecule has 2 nitrogen and oxygen atoms in total. The molecule has 0 aliphatic rings. The van der Waals surface area contributed by atoms with Crippen molar-refractivity contribution in [1.29, 1.82) is 0 Å². The van der Waals surface area contributed by atoms with Gasteiger partial charge in [0.15, 0.2) is 0 Å². The molecular formula is C21H39NO. The van der Waals surface area contributed by atoms with Gasteiger partial charge in [0.25, 0.3) is 0 Å². The van der Waals surface area contributed by atoms with E-state index in [1.807, 2.05) is 0 Å². The van der Waals surface area contributed by atoms with Gasteiger partial charge in [-0.25, -0.2) is 0 Å². The maximum absolute atomic E-state index is 11.4. The van der Waals surface area contributed by atoms with E-state index < -0.39 is 0 Å². The molecule has 1 heterocycles. The van der Waals surface area contributed by atoms with E-state index in [9.17, 15) is 4.79 Å². The fraction of sp³-hybridized carbons (Fsp3) is 0.762. The summed E-state index contributed by atoms with van der Waals surface area (Å²) in [6, 6.07) is 2.23.